The van der Waals surface area contributed by atoms with Gasteiger partial charge in [0.2, 0.25) is 0 Å². The summed E-state index contributed by atoms with van der Waals surface area (Å²) >= 11 is 0. The lowest BCUT2D eigenvalue weighted by Gasteiger charge is -2.21. The number of aryl methyl sites for hydroxylation is 1. The van der Waals surface area contributed by atoms with Gasteiger partial charge in [0.15, 0.2) is 5.96 Å². The molecule has 0 unspecified atom stereocenters. The standard InChI is InChI=1S/C21H28FN7O.C15H22F3NO/c1-21(2,3)17-10-14-12-29(20(30)28-18(14)27-17)16-6-5-13(9-15(16)22)11-25-7-4-8-26-19(23)24;1-14(2,3)12-8-11(6-4-5-7-19)9-13(10-12)20-15(16,17)18/h5-6,9-10,12,25H,4,7-8,11H2,1-3H3,(H4,23,24,26)(H,27,28,30);8-10H,4-7,19H2,1-3H3. The molecule has 0 saturated heterocycles. The molecule has 0 spiro atoms. The van der Waals surface area contributed by atoms with Gasteiger partial charge in [-0.3, -0.25) is 9.56 Å². The van der Waals surface area contributed by atoms with E-state index in [-0.39, 0.29) is 28.2 Å². The SMILES string of the molecule is CC(C)(C)c1cc(CCCCN)cc(OC(F)(F)F)c1.CC(C)(C)c1cc2cn(-c3ccc(CNCCCN=C(N)N)cc3F)c(=O)nc2[nH]1. The number of aromatic amines is 1. The van der Waals surface area contributed by atoms with Crippen molar-refractivity contribution in [3.8, 4) is 11.4 Å². The van der Waals surface area contributed by atoms with Crippen LogP contribution in [0.1, 0.15) is 83.2 Å². The zero-order valence-corrected chi connectivity index (χ0v) is 29.7. The Morgan fingerprint density at radius 3 is 2.28 bits per heavy atom. The monoisotopic (exact) mass is 702 g/mol. The highest BCUT2D eigenvalue weighted by Gasteiger charge is 2.31. The molecule has 0 amide bonds. The molecular weight excluding hydrogens is 652 g/mol. The highest BCUT2D eigenvalue weighted by atomic mass is 19.4. The van der Waals surface area contributed by atoms with Gasteiger partial charge in [-0.15, -0.1) is 13.2 Å². The maximum atomic E-state index is 14.8. The van der Waals surface area contributed by atoms with Gasteiger partial charge in [0.05, 0.1) is 5.69 Å². The van der Waals surface area contributed by atoms with Crippen LogP contribution in [0.3, 0.4) is 0 Å². The molecule has 274 valence electrons. The Kier molecular flexibility index (Phi) is 13.6. The molecule has 0 aliphatic heterocycles. The van der Waals surface area contributed by atoms with Crippen molar-refractivity contribution >= 4 is 17.0 Å². The van der Waals surface area contributed by atoms with E-state index in [1.807, 2.05) is 32.9 Å². The number of ether oxygens (including phenoxy) is 1. The Bertz CT molecular complexity index is 1800. The van der Waals surface area contributed by atoms with Crippen molar-refractivity contribution in [2.45, 2.75) is 91.0 Å². The number of rotatable bonds is 12. The van der Waals surface area contributed by atoms with Crippen LogP contribution in [-0.4, -0.2) is 46.5 Å². The van der Waals surface area contributed by atoms with Gasteiger partial charge in [0, 0.05) is 35.8 Å². The van der Waals surface area contributed by atoms with Crippen molar-refractivity contribution in [1.29, 1.82) is 0 Å². The van der Waals surface area contributed by atoms with Crippen molar-refractivity contribution in [2.75, 3.05) is 19.6 Å². The molecule has 0 fully saturated rings. The molecule has 10 nitrogen and oxygen atoms in total. The lowest BCUT2D eigenvalue weighted by atomic mass is 9.85. The van der Waals surface area contributed by atoms with Crippen LogP contribution in [0.5, 0.6) is 5.75 Å². The fourth-order valence-electron chi connectivity index (χ4n) is 4.98. The van der Waals surface area contributed by atoms with E-state index in [4.69, 9.17) is 17.2 Å². The van der Waals surface area contributed by atoms with Gasteiger partial charge in [-0.2, -0.15) is 4.98 Å². The molecule has 2 heterocycles. The number of nitrogens with zero attached hydrogens (tertiary/aromatic N) is 3. The number of alkyl halides is 3. The van der Waals surface area contributed by atoms with Crippen molar-refractivity contribution in [3.05, 3.63) is 87.3 Å². The third kappa shape index (κ3) is 12.5. The van der Waals surface area contributed by atoms with Crippen LogP contribution in [-0.2, 0) is 23.8 Å². The number of unbranched alkanes of at least 4 members (excludes halogenated alkanes) is 1. The number of hydrogen-bond donors (Lipinski definition) is 5. The van der Waals surface area contributed by atoms with Crippen LogP contribution in [0.15, 0.2) is 58.4 Å². The summed E-state index contributed by atoms with van der Waals surface area (Å²) in [6.07, 6.45) is 0.147. The summed E-state index contributed by atoms with van der Waals surface area (Å²) in [5.74, 6) is -0.554. The average Bonchev–Trinajstić information content (AvgIpc) is 3.41. The number of benzene rings is 2. The summed E-state index contributed by atoms with van der Waals surface area (Å²) in [7, 11) is 0. The quantitative estimate of drug-likeness (QED) is 0.0518. The third-order valence-electron chi connectivity index (χ3n) is 7.71. The van der Waals surface area contributed by atoms with Crippen LogP contribution < -0.4 is 32.9 Å². The minimum absolute atomic E-state index is 0.0739. The van der Waals surface area contributed by atoms with Crippen LogP contribution in [0.4, 0.5) is 17.6 Å². The van der Waals surface area contributed by atoms with Crippen molar-refractivity contribution in [2.24, 2.45) is 22.2 Å². The second-order valence-electron chi connectivity index (χ2n) is 14.2. The fraction of sp³-hybridized carbons (Fsp3) is 0.472. The van der Waals surface area contributed by atoms with Crippen LogP contribution in [0, 0.1) is 5.82 Å². The summed E-state index contributed by atoms with van der Waals surface area (Å²) in [5, 5.41) is 3.97. The predicted octanol–water partition coefficient (Wildman–Crippen LogP) is 6.07. The number of fused-ring (bicyclic) bond motifs is 1. The first-order chi connectivity index (χ1) is 23.3. The molecule has 0 saturated carbocycles. The molecule has 2 aromatic carbocycles. The minimum atomic E-state index is -4.66. The van der Waals surface area contributed by atoms with Gasteiger partial charge < -0.3 is 32.2 Å². The second kappa shape index (κ2) is 17.0. The Balaban J connectivity index is 0.000000295. The Labute approximate surface area is 290 Å². The van der Waals surface area contributed by atoms with E-state index < -0.39 is 17.9 Å². The number of hydrogen-bond acceptors (Lipinski definition) is 6. The van der Waals surface area contributed by atoms with Crippen molar-refractivity contribution in [1.82, 2.24) is 19.9 Å². The molecule has 4 rings (SSSR count). The molecule has 2 aromatic heterocycles. The first-order valence-electron chi connectivity index (χ1n) is 16.5. The molecule has 14 heteroatoms. The normalized spacial score (nSPS) is 12.1. The molecule has 0 aliphatic rings. The zero-order chi connectivity index (χ0) is 37.3. The molecule has 0 bridgehead atoms. The summed E-state index contributed by atoms with van der Waals surface area (Å²) in [5.41, 5.74) is 19.2. The largest absolute Gasteiger partial charge is 0.573 e. The molecule has 8 N–H and O–H groups in total. The van der Waals surface area contributed by atoms with E-state index in [1.54, 1.807) is 18.3 Å². The Morgan fingerprint density at radius 1 is 0.960 bits per heavy atom. The topological polar surface area (TPSA) is 162 Å². The molecule has 0 radical (unpaired) electrons. The lowest BCUT2D eigenvalue weighted by molar-refractivity contribution is -0.274. The number of aromatic nitrogens is 3. The van der Waals surface area contributed by atoms with Gasteiger partial charge in [0.1, 0.15) is 17.2 Å². The Hall–Kier alpha value is -4.43. The lowest BCUT2D eigenvalue weighted by Crippen LogP contribution is -2.23. The van der Waals surface area contributed by atoms with E-state index in [9.17, 15) is 22.4 Å². The number of guanidine groups is 1. The summed E-state index contributed by atoms with van der Waals surface area (Å²) in [4.78, 5) is 23.6. The maximum Gasteiger partial charge on any atom is 0.573 e. The van der Waals surface area contributed by atoms with E-state index in [2.05, 4.69) is 45.8 Å². The van der Waals surface area contributed by atoms with Gasteiger partial charge in [-0.05, 0) is 91.2 Å². The average molecular weight is 703 g/mol. The zero-order valence-electron chi connectivity index (χ0n) is 29.7. The number of H-pyrrole nitrogens is 1. The van der Waals surface area contributed by atoms with Gasteiger partial charge in [0.25, 0.3) is 0 Å². The summed E-state index contributed by atoms with van der Waals surface area (Å²) < 4.78 is 57.2. The fourth-order valence-corrected chi connectivity index (χ4v) is 4.98. The second-order valence-corrected chi connectivity index (χ2v) is 14.2. The number of aliphatic imine (C=N–C) groups is 1. The van der Waals surface area contributed by atoms with Gasteiger partial charge >= 0.3 is 12.1 Å². The molecule has 50 heavy (non-hydrogen) atoms. The van der Waals surface area contributed by atoms with E-state index in [0.29, 0.717) is 38.2 Å². The van der Waals surface area contributed by atoms with E-state index in [1.165, 1.54) is 22.8 Å². The minimum Gasteiger partial charge on any atom is -0.406 e. The first kappa shape index (κ1) is 40.0. The summed E-state index contributed by atoms with van der Waals surface area (Å²) in [6, 6.07) is 11.6. The highest BCUT2D eigenvalue weighted by molar-refractivity contribution is 5.76. The number of nitrogens with two attached hydrogens (primary N) is 3. The van der Waals surface area contributed by atoms with Crippen molar-refractivity contribution < 1.29 is 22.3 Å². The first-order valence-corrected chi connectivity index (χ1v) is 16.5. The summed E-state index contributed by atoms with van der Waals surface area (Å²) in [6.45, 7) is 14.4. The molecular formula is C36H50F4N8O2. The van der Waals surface area contributed by atoms with Crippen molar-refractivity contribution in [3.63, 3.8) is 0 Å². The smallest absolute Gasteiger partial charge is 0.406 e. The van der Waals surface area contributed by atoms with Gasteiger partial charge in [-0.25, -0.2) is 9.18 Å². The molecule has 0 atom stereocenters. The van der Waals surface area contributed by atoms with Gasteiger partial charge in [-0.1, -0.05) is 53.7 Å². The number of nitrogens with one attached hydrogen (secondary N) is 2. The van der Waals surface area contributed by atoms with E-state index in [0.717, 1.165) is 47.0 Å². The predicted molar refractivity (Wildman–Crippen MR) is 191 cm³/mol. The number of halogens is 4. The molecule has 0 aliphatic carbocycles. The van der Waals surface area contributed by atoms with Crippen LogP contribution >= 0.6 is 0 Å². The van der Waals surface area contributed by atoms with Crippen LogP contribution in [0.2, 0.25) is 0 Å². The van der Waals surface area contributed by atoms with E-state index >= 15 is 0 Å². The third-order valence-corrected chi connectivity index (χ3v) is 7.71. The maximum absolute atomic E-state index is 14.8. The Morgan fingerprint density at radius 2 is 1.68 bits per heavy atom. The highest BCUT2D eigenvalue weighted by Crippen LogP contribution is 2.31. The molecule has 4 aromatic rings. The van der Waals surface area contributed by atoms with Crippen LogP contribution in [0.25, 0.3) is 16.7 Å².